The zero-order chi connectivity index (χ0) is 29.3. The van der Waals surface area contributed by atoms with E-state index >= 15 is 0 Å². The summed E-state index contributed by atoms with van der Waals surface area (Å²) >= 11 is 0. The molecule has 0 aromatic heterocycles. The van der Waals surface area contributed by atoms with Crippen molar-refractivity contribution in [2.45, 2.75) is 51.1 Å². The Balaban J connectivity index is 2.02. The molecule has 0 radical (unpaired) electrons. The first kappa shape index (κ1) is 30.3. The summed E-state index contributed by atoms with van der Waals surface area (Å²) in [5, 5.41) is 14.3. The predicted octanol–water partition coefficient (Wildman–Crippen LogP) is 4.43. The first-order valence-corrected chi connectivity index (χ1v) is 14.4. The lowest BCUT2D eigenvalue weighted by atomic mass is 10.1. The van der Waals surface area contributed by atoms with Crippen molar-refractivity contribution >= 4 is 33.2 Å². The Morgan fingerprint density at radius 1 is 1.00 bits per heavy atom. The standard InChI is InChI=1S/C29H34N4O6S/c1-4-5-18-30-29(35)23(3)31(20-24-16-14-22(2)15-17-24)28(34)21-32(25-10-9-11-26(19-25)33(36)37)40(38,39)27-12-7-6-8-13-27/h6-17,19,23H,4-5,18,20-21H2,1-3H3,(H,30,35)/t23-/m0/s1. The van der Waals surface area contributed by atoms with Gasteiger partial charge >= 0.3 is 0 Å². The molecule has 1 N–H and O–H groups in total. The van der Waals surface area contributed by atoms with E-state index in [1.54, 1.807) is 25.1 Å². The summed E-state index contributed by atoms with van der Waals surface area (Å²) in [5.41, 5.74) is 1.43. The van der Waals surface area contributed by atoms with Crippen molar-refractivity contribution in [3.63, 3.8) is 0 Å². The number of rotatable bonds is 13. The summed E-state index contributed by atoms with van der Waals surface area (Å²) in [6, 6.07) is 19.2. The van der Waals surface area contributed by atoms with Crippen molar-refractivity contribution in [3.05, 3.63) is 100 Å². The van der Waals surface area contributed by atoms with Crippen molar-refractivity contribution in [1.82, 2.24) is 10.2 Å². The fourth-order valence-electron chi connectivity index (χ4n) is 4.02. The number of nitrogens with zero attached hydrogens (tertiary/aromatic N) is 3. The molecule has 11 heteroatoms. The number of unbranched alkanes of at least 4 members (excludes halogenated alkanes) is 1. The highest BCUT2D eigenvalue weighted by Crippen LogP contribution is 2.27. The Bertz CT molecular complexity index is 1430. The van der Waals surface area contributed by atoms with Gasteiger partial charge in [0.25, 0.3) is 15.7 Å². The van der Waals surface area contributed by atoms with Crippen LogP contribution in [0.3, 0.4) is 0 Å². The Labute approximate surface area is 234 Å². The van der Waals surface area contributed by atoms with Gasteiger partial charge in [0.2, 0.25) is 11.8 Å². The van der Waals surface area contributed by atoms with Crippen LogP contribution in [0, 0.1) is 17.0 Å². The lowest BCUT2D eigenvalue weighted by Crippen LogP contribution is -2.51. The van der Waals surface area contributed by atoms with Crippen LogP contribution in [0.2, 0.25) is 0 Å². The zero-order valence-electron chi connectivity index (χ0n) is 22.8. The van der Waals surface area contributed by atoms with E-state index in [0.29, 0.717) is 6.54 Å². The molecule has 0 aliphatic heterocycles. The van der Waals surface area contributed by atoms with Gasteiger partial charge in [-0.1, -0.05) is 67.4 Å². The van der Waals surface area contributed by atoms with Gasteiger partial charge in [-0.05, 0) is 44.0 Å². The molecule has 0 heterocycles. The second-order valence-corrected chi connectivity index (χ2v) is 11.3. The molecule has 0 saturated carbocycles. The zero-order valence-corrected chi connectivity index (χ0v) is 23.6. The average Bonchev–Trinajstić information content (AvgIpc) is 2.95. The molecule has 0 fully saturated rings. The van der Waals surface area contributed by atoms with Crippen LogP contribution >= 0.6 is 0 Å². The molecule has 0 aliphatic rings. The van der Waals surface area contributed by atoms with Crippen LogP contribution in [-0.2, 0) is 26.2 Å². The van der Waals surface area contributed by atoms with Crippen LogP contribution in [0.15, 0.2) is 83.8 Å². The van der Waals surface area contributed by atoms with E-state index in [-0.39, 0.29) is 28.7 Å². The lowest BCUT2D eigenvalue weighted by Gasteiger charge is -2.32. The second kappa shape index (κ2) is 13.7. The van der Waals surface area contributed by atoms with Gasteiger partial charge in [-0.25, -0.2) is 8.42 Å². The number of carbonyl (C=O) groups excluding carboxylic acids is 2. The van der Waals surface area contributed by atoms with Crippen molar-refractivity contribution in [1.29, 1.82) is 0 Å². The van der Waals surface area contributed by atoms with E-state index in [1.165, 1.54) is 35.2 Å². The summed E-state index contributed by atoms with van der Waals surface area (Å²) < 4.78 is 28.4. The Kier molecular flexibility index (Phi) is 10.4. The highest BCUT2D eigenvalue weighted by Gasteiger charge is 2.33. The summed E-state index contributed by atoms with van der Waals surface area (Å²) in [6.07, 6.45) is 1.66. The van der Waals surface area contributed by atoms with E-state index in [9.17, 15) is 28.1 Å². The number of sulfonamides is 1. The molecule has 3 aromatic rings. The molecule has 2 amide bonds. The molecule has 40 heavy (non-hydrogen) atoms. The third-order valence-corrected chi connectivity index (χ3v) is 8.20. The van der Waals surface area contributed by atoms with Crippen LogP contribution in [0.25, 0.3) is 0 Å². The largest absolute Gasteiger partial charge is 0.354 e. The highest BCUT2D eigenvalue weighted by molar-refractivity contribution is 7.92. The minimum Gasteiger partial charge on any atom is -0.354 e. The van der Waals surface area contributed by atoms with Gasteiger partial charge in [-0.15, -0.1) is 0 Å². The maximum Gasteiger partial charge on any atom is 0.271 e. The van der Waals surface area contributed by atoms with E-state index in [0.717, 1.165) is 34.3 Å². The Morgan fingerprint density at radius 2 is 1.68 bits per heavy atom. The van der Waals surface area contributed by atoms with Crippen LogP contribution in [0.5, 0.6) is 0 Å². The molecular formula is C29H34N4O6S. The number of non-ortho nitro benzene ring substituents is 1. The Morgan fingerprint density at radius 3 is 2.30 bits per heavy atom. The quantitative estimate of drug-likeness (QED) is 0.185. The molecule has 0 saturated heterocycles. The third kappa shape index (κ3) is 7.66. The van der Waals surface area contributed by atoms with E-state index < -0.39 is 33.4 Å². The van der Waals surface area contributed by atoms with Gasteiger partial charge in [-0.3, -0.25) is 24.0 Å². The van der Waals surface area contributed by atoms with Crippen molar-refractivity contribution in [3.8, 4) is 0 Å². The smallest absolute Gasteiger partial charge is 0.271 e. The summed E-state index contributed by atoms with van der Waals surface area (Å²) in [6.45, 7) is 5.37. The van der Waals surface area contributed by atoms with Crippen LogP contribution in [0.1, 0.15) is 37.8 Å². The van der Waals surface area contributed by atoms with E-state index in [1.807, 2.05) is 38.1 Å². The van der Waals surface area contributed by atoms with Gasteiger partial charge in [0, 0.05) is 25.2 Å². The summed E-state index contributed by atoms with van der Waals surface area (Å²) in [5.74, 6) is -0.994. The van der Waals surface area contributed by atoms with E-state index in [2.05, 4.69) is 5.32 Å². The minimum atomic E-state index is -4.30. The SMILES string of the molecule is CCCCNC(=O)[C@H](C)N(Cc1ccc(C)cc1)C(=O)CN(c1cccc([N+](=O)[O-])c1)S(=O)(=O)c1ccccc1. The van der Waals surface area contributed by atoms with Crippen LogP contribution < -0.4 is 9.62 Å². The van der Waals surface area contributed by atoms with Crippen molar-refractivity contribution in [2.24, 2.45) is 0 Å². The number of anilines is 1. The number of nitro benzene ring substituents is 1. The first-order valence-electron chi connectivity index (χ1n) is 13.0. The third-order valence-electron chi connectivity index (χ3n) is 6.41. The summed E-state index contributed by atoms with van der Waals surface area (Å²) in [4.78, 5) is 38.9. The topological polar surface area (TPSA) is 130 Å². The molecule has 10 nitrogen and oxygen atoms in total. The van der Waals surface area contributed by atoms with Crippen LogP contribution in [0.4, 0.5) is 11.4 Å². The number of hydrogen-bond acceptors (Lipinski definition) is 6. The number of amides is 2. The molecule has 0 spiro atoms. The number of hydrogen-bond donors (Lipinski definition) is 1. The number of aryl methyl sites for hydroxylation is 1. The van der Waals surface area contributed by atoms with Gasteiger partial charge in [-0.2, -0.15) is 0 Å². The fraction of sp³-hybridized carbons (Fsp3) is 0.310. The van der Waals surface area contributed by atoms with Gasteiger partial charge < -0.3 is 10.2 Å². The normalized spacial score (nSPS) is 11.9. The minimum absolute atomic E-state index is 0.0401. The number of carbonyl (C=O) groups is 2. The van der Waals surface area contributed by atoms with Crippen LogP contribution in [-0.4, -0.2) is 49.2 Å². The molecular weight excluding hydrogens is 532 g/mol. The number of nitro groups is 1. The predicted molar refractivity (Wildman–Crippen MR) is 153 cm³/mol. The molecule has 0 bridgehead atoms. The van der Waals surface area contributed by atoms with E-state index in [4.69, 9.17) is 0 Å². The first-order chi connectivity index (χ1) is 19.0. The van der Waals surface area contributed by atoms with Crippen molar-refractivity contribution in [2.75, 3.05) is 17.4 Å². The number of benzene rings is 3. The molecule has 1 atom stereocenters. The number of nitrogens with one attached hydrogen (secondary N) is 1. The highest BCUT2D eigenvalue weighted by atomic mass is 32.2. The molecule has 212 valence electrons. The maximum atomic E-state index is 13.9. The van der Waals surface area contributed by atoms with Gasteiger partial charge in [0.15, 0.2) is 0 Å². The monoisotopic (exact) mass is 566 g/mol. The van der Waals surface area contributed by atoms with Crippen molar-refractivity contribution < 1.29 is 22.9 Å². The van der Waals surface area contributed by atoms with Gasteiger partial charge in [0.05, 0.1) is 15.5 Å². The average molecular weight is 567 g/mol. The molecule has 0 aliphatic carbocycles. The second-order valence-electron chi connectivity index (χ2n) is 9.43. The fourth-order valence-corrected chi connectivity index (χ4v) is 5.45. The molecule has 3 rings (SSSR count). The maximum absolute atomic E-state index is 13.9. The Hall–Kier alpha value is -4.25. The summed E-state index contributed by atoms with van der Waals surface area (Å²) in [7, 11) is -4.30. The molecule has 3 aromatic carbocycles. The van der Waals surface area contributed by atoms with Gasteiger partial charge in [0.1, 0.15) is 12.6 Å². The molecule has 0 unspecified atom stereocenters. The lowest BCUT2D eigenvalue weighted by molar-refractivity contribution is -0.384.